The Labute approximate surface area is 61.4 Å². The fraction of sp³-hybridized carbons (Fsp3) is 0.833. The normalized spacial score (nSPS) is 13.1. The third-order valence-corrected chi connectivity index (χ3v) is 1.41. The van der Waals surface area contributed by atoms with Crippen LogP contribution in [0, 0.1) is 0 Å². The van der Waals surface area contributed by atoms with E-state index in [1.165, 1.54) is 0 Å². The molecule has 0 spiro atoms. The molecule has 0 aromatic carbocycles. The number of aldehydes is 1. The Morgan fingerprint density at radius 2 is 2.44 bits per heavy atom. The van der Waals surface area contributed by atoms with Crippen LogP contribution in [0.2, 0.25) is 0 Å². The van der Waals surface area contributed by atoms with E-state index in [9.17, 15) is 4.79 Å². The minimum Gasteiger partial charge on any atom is -0.307 e. The zero-order valence-electron chi connectivity index (χ0n) is 5.63. The summed E-state index contributed by atoms with van der Waals surface area (Å²) in [6.07, 6.45) is 1.95. The maximum Gasteiger partial charge on any atom is 0.137 e. The average molecular weight is 147 g/mol. The number of hydrogen-bond acceptors (Lipinski definition) is 3. The molecular formula is C6H13NOS. The van der Waals surface area contributed by atoms with Crippen LogP contribution in [0.25, 0.3) is 0 Å². The lowest BCUT2D eigenvalue weighted by atomic mass is 10.3. The number of carbonyl (C=O) groups is 1. The summed E-state index contributed by atoms with van der Waals surface area (Å²) in [6, 6.07) is -0.0618. The summed E-state index contributed by atoms with van der Waals surface area (Å²) in [5.41, 5.74) is 0. The summed E-state index contributed by atoms with van der Waals surface area (Å²) < 4.78 is 0. The van der Waals surface area contributed by atoms with Crippen molar-refractivity contribution in [1.29, 1.82) is 0 Å². The van der Waals surface area contributed by atoms with Crippen LogP contribution in [0.3, 0.4) is 0 Å². The van der Waals surface area contributed by atoms with Gasteiger partial charge in [0.15, 0.2) is 0 Å². The third kappa shape index (κ3) is 4.48. The first-order valence-corrected chi connectivity index (χ1v) is 3.78. The molecule has 0 aliphatic carbocycles. The van der Waals surface area contributed by atoms with Gasteiger partial charge in [-0.25, -0.2) is 0 Å². The van der Waals surface area contributed by atoms with Crippen molar-refractivity contribution < 1.29 is 4.79 Å². The lowest BCUT2D eigenvalue weighted by Gasteiger charge is -2.06. The Kier molecular flexibility index (Phi) is 6.09. The van der Waals surface area contributed by atoms with Crippen molar-refractivity contribution in [2.24, 2.45) is 0 Å². The molecule has 3 heteroatoms. The van der Waals surface area contributed by atoms with Gasteiger partial charge in [-0.3, -0.25) is 0 Å². The first-order chi connectivity index (χ1) is 4.35. The molecule has 0 aliphatic heterocycles. The second-order valence-corrected chi connectivity index (χ2v) is 2.24. The Balaban J connectivity index is 3.20. The van der Waals surface area contributed by atoms with E-state index < -0.39 is 0 Å². The van der Waals surface area contributed by atoms with E-state index in [0.29, 0.717) is 5.75 Å². The molecule has 2 nitrogen and oxygen atoms in total. The molecule has 9 heavy (non-hydrogen) atoms. The van der Waals surface area contributed by atoms with Crippen LogP contribution in [-0.2, 0) is 4.79 Å². The molecule has 0 rings (SSSR count). The Morgan fingerprint density at radius 3 is 2.78 bits per heavy atom. The van der Waals surface area contributed by atoms with Gasteiger partial charge in [0.1, 0.15) is 6.29 Å². The van der Waals surface area contributed by atoms with Crippen molar-refractivity contribution in [3.8, 4) is 0 Å². The third-order valence-electron chi connectivity index (χ3n) is 1.02. The Morgan fingerprint density at radius 1 is 1.78 bits per heavy atom. The average Bonchev–Trinajstić information content (AvgIpc) is 1.91. The molecule has 54 valence electrons. The summed E-state index contributed by atoms with van der Waals surface area (Å²) in [7, 11) is 0. The molecule has 0 fully saturated rings. The molecule has 0 aromatic rings. The molecule has 1 N–H and O–H groups in total. The molecule has 0 aliphatic rings. The van der Waals surface area contributed by atoms with Crippen molar-refractivity contribution in [3.63, 3.8) is 0 Å². The first-order valence-electron chi connectivity index (χ1n) is 3.14. The fourth-order valence-electron chi connectivity index (χ4n) is 0.485. The van der Waals surface area contributed by atoms with Crippen LogP contribution in [0.1, 0.15) is 13.3 Å². The van der Waals surface area contributed by atoms with Crippen LogP contribution in [-0.4, -0.2) is 24.6 Å². The molecule has 0 amide bonds. The molecule has 0 heterocycles. The van der Waals surface area contributed by atoms with Gasteiger partial charge in [-0.1, -0.05) is 6.92 Å². The zero-order chi connectivity index (χ0) is 7.11. The van der Waals surface area contributed by atoms with Gasteiger partial charge >= 0.3 is 0 Å². The second-order valence-electron chi connectivity index (χ2n) is 1.88. The molecule has 0 aromatic heterocycles. The minimum absolute atomic E-state index is 0.0618. The van der Waals surface area contributed by atoms with Crippen molar-refractivity contribution >= 4 is 18.9 Å². The van der Waals surface area contributed by atoms with Gasteiger partial charge in [0, 0.05) is 5.75 Å². The number of nitrogens with one attached hydrogen (secondary N) is 1. The van der Waals surface area contributed by atoms with Crippen molar-refractivity contribution in [1.82, 2.24) is 5.32 Å². The Bertz CT molecular complexity index is 77.5. The quantitative estimate of drug-likeness (QED) is 0.437. The predicted octanol–water partition coefficient (Wildman–Crippen LogP) is 0.483. The lowest BCUT2D eigenvalue weighted by molar-refractivity contribution is -0.109. The van der Waals surface area contributed by atoms with Gasteiger partial charge in [0.2, 0.25) is 0 Å². The SMILES string of the molecule is CCCN[C@H](C=O)CS. The largest absolute Gasteiger partial charge is 0.307 e. The monoisotopic (exact) mass is 147 g/mol. The molecule has 0 saturated heterocycles. The zero-order valence-corrected chi connectivity index (χ0v) is 6.53. The van der Waals surface area contributed by atoms with Gasteiger partial charge in [-0.05, 0) is 13.0 Å². The standard InChI is InChI=1S/C6H13NOS/c1-2-3-7-6(4-8)5-9/h4,6-7,9H,2-3,5H2,1H3/t6-/m1/s1. The maximum atomic E-state index is 10.1. The molecule has 0 bridgehead atoms. The molecule has 0 unspecified atom stereocenters. The van der Waals surface area contributed by atoms with E-state index in [1.807, 2.05) is 0 Å². The van der Waals surface area contributed by atoms with Crippen molar-refractivity contribution in [3.05, 3.63) is 0 Å². The highest BCUT2D eigenvalue weighted by molar-refractivity contribution is 7.80. The minimum atomic E-state index is -0.0618. The number of thiol groups is 1. The summed E-state index contributed by atoms with van der Waals surface area (Å²) in [5, 5.41) is 3.02. The van der Waals surface area contributed by atoms with Gasteiger partial charge in [-0.2, -0.15) is 12.6 Å². The first kappa shape index (κ1) is 8.98. The summed E-state index contributed by atoms with van der Waals surface area (Å²) >= 11 is 3.97. The highest BCUT2D eigenvalue weighted by Gasteiger charge is 1.99. The van der Waals surface area contributed by atoms with E-state index in [1.54, 1.807) is 0 Å². The van der Waals surface area contributed by atoms with Gasteiger partial charge in [-0.15, -0.1) is 0 Å². The molecule has 0 saturated carbocycles. The summed E-state index contributed by atoms with van der Waals surface area (Å²) in [4.78, 5) is 10.1. The lowest BCUT2D eigenvalue weighted by Crippen LogP contribution is -2.32. The second kappa shape index (κ2) is 6.11. The van der Waals surface area contributed by atoms with Crippen LogP contribution in [0.15, 0.2) is 0 Å². The summed E-state index contributed by atoms with van der Waals surface area (Å²) in [6.45, 7) is 2.96. The number of carbonyl (C=O) groups excluding carboxylic acids is 1. The molecule has 1 atom stereocenters. The van der Waals surface area contributed by atoms with Crippen LogP contribution in [0.4, 0.5) is 0 Å². The van der Waals surface area contributed by atoms with Crippen molar-refractivity contribution in [2.75, 3.05) is 12.3 Å². The van der Waals surface area contributed by atoms with E-state index in [-0.39, 0.29) is 6.04 Å². The number of rotatable bonds is 5. The van der Waals surface area contributed by atoms with Gasteiger partial charge in [0.05, 0.1) is 6.04 Å². The topological polar surface area (TPSA) is 29.1 Å². The smallest absolute Gasteiger partial charge is 0.137 e. The predicted molar refractivity (Wildman–Crippen MR) is 42.0 cm³/mol. The van der Waals surface area contributed by atoms with Crippen molar-refractivity contribution in [2.45, 2.75) is 19.4 Å². The number of hydrogen-bond donors (Lipinski definition) is 2. The van der Waals surface area contributed by atoms with Gasteiger partial charge < -0.3 is 10.1 Å². The fourth-order valence-corrected chi connectivity index (χ4v) is 0.701. The highest BCUT2D eigenvalue weighted by atomic mass is 32.1. The van der Waals surface area contributed by atoms with E-state index in [4.69, 9.17) is 0 Å². The van der Waals surface area contributed by atoms with Crippen LogP contribution < -0.4 is 5.32 Å². The van der Waals surface area contributed by atoms with E-state index >= 15 is 0 Å². The molecular weight excluding hydrogens is 134 g/mol. The van der Waals surface area contributed by atoms with E-state index in [2.05, 4.69) is 24.9 Å². The van der Waals surface area contributed by atoms with Gasteiger partial charge in [0.25, 0.3) is 0 Å². The summed E-state index contributed by atoms with van der Waals surface area (Å²) in [5.74, 6) is 0.587. The van der Waals surface area contributed by atoms with E-state index in [0.717, 1.165) is 19.3 Å². The highest BCUT2D eigenvalue weighted by Crippen LogP contribution is 1.82. The van der Waals surface area contributed by atoms with Crippen LogP contribution in [0.5, 0.6) is 0 Å². The molecule has 0 radical (unpaired) electrons. The van der Waals surface area contributed by atoms with Crippen LogP contribution >= 0.6 is 12.6 Å². The Hall–Kier alpha value is -0.0200. The maximum absolute atomic E-state index is 10.1.